The number of aliphatic imine (C=N–C) groups is 1. The summed E-state index contributed by atoms with van der Waals surface area (Å²) in [5, 5.41) is 10.0. The van der Waals surface area contributed by atoms with Crippen LogP contribution in [0.5, 0.6) is 0 Å². The molecule has 68 valence electrons. The lowest BCUT2D eigenvalue weighted by atomic mass is 10.1. The van der Waals surface area contributed by atoms with Crippen LogP contribution in [0.4, 0.5) is 11.4 Å². The van der Waals surface area contributed by atoms with Crippen molar-refractivity contribution in [3.8, 4) is 11.3 Å². The van der Waals surface area contributed by atoms with Gasteiger partial charge in [0.05, 0.1) is 29.6 Å². The standard InChI is InChI=1S/C10H8N4/c1-2-4-8-7(3-1)10-9(5-13-14-10)12-6-11-8/h1-6H,(H,11,12)(H,13,14). The van der Waals surface area contributed by atoms with E-state index in [-0.39, 0.29) is 0 Å². The minimum Gasteiger partial charge on any atom is -0.343 e. The van der Waals surface area contributed by atoms with E-state index < -0.39 is 0 Å². The number of rotatable bonds is 0. The van der Waals surface area contributed by atoms with Crippen molar-refractivity contribution in [2.24, 2.45) is 4.99 Å². The highest BCUT2D eigenvalue weighted by Crippen LogP contribution is 2.34. The van der Waals surface area contributed by atoms with E-state index in [2.05, 4.69) is 20.5 Å². The molecule has 1 aromatic heterocycles. The zero-order chi connectivity index (χ0) is 9.38. The van der Waals surface area contributed by atoms with Gasteiger partial charge in [-0.15, -0.1) is 0 Å². The first-order valence-corrected chi connectivity index (χ1v) is 4.37. The van der Waals surface area contributed by atoms with Crippen molar-refractivity contribution >= 4 is 17.7 Å². The summed E-state index contributed by atoms with van der Waals surface area (Å²) in [5.41, 5.74) is 3.96. The number of aromatic amines is 1. The number of hydrogen-bond donors (Lipinski definition) is 2. The normalized spacial score (nSPS) is 12.6. The summed E-state index contributed by atoms with van der Waals surface area (Å²) in [6.45, 7) is 0. The molecule has 2 heterocycles. The molecular weight excluding hydrogens is 176 g/mol. The molecule has 0 radical (unpaired) electrons. The van der Waals surface area contributed by atoms with Gasteiger partial charge in [0.1, 0.15) is 0 Å². The van der Waals surface area contributed by atoms with Gasteiger partial charge in [0.2, 0.25) is 0 Å². The predicted molar refractivity (Wildman–Crippen MR) is 55.8 cm³/mol. The van der Waals surface area contributed by atoms with Crippen LogP contribution in [0, 0.1) is 0 Å². The van der Waals surface area contributed by atoms with Gasteiger partial charge in [-0.1, -0.05) is 18.2 Å². The molecule has 2 aromatic rings. The van der Waals surface area contributed by atoms with Gasteiger partial charge in [0.25, 0.3) is 0 Å². The van der Waals surface area contributed by atoms with E-state index in [1.165, 1.54) is 0 Å². The van der Waals surface area contributed by atoms with Crippen LogP contribution in [0.15, 0.2) is 35.5 Å². The smallest absolute Gasteiger partial charge is 0.0931 e. The number of nitrogens with one attached hydrogen (secondary N) is 2. The van der Waals surface area contributed by atoms with E-state index in [0.717, 1.165) is 22.6 Å². The molecule has 1 aliphatic rings. The van der Waals surface area contributed by atoms with Crippen LogP contribution in [-0.4, -0.2) is 16.5 Å². The Morgan fingerprint density at radius 3 is 3.07 bits per heavy atom. The lowest BCUT2D eigenvalue weighted by molar-refractivity contribution is 1.09. The number of anilines is 1. The molecule has 4 nitrogen and oxygen atoms in total. The van der Waals surface area contributed by atoms with Crippen molar-refractivity contribution < 1.29 is 0 Å². The highest BCUT2D eigenvalue weighted by Gasteiger charge is 2.12. The average Bonchev–Trinajstić information content (AvgIpc) is 2.61. The zero-order valence-electron chi connectivity index (χ0n) is 7.36. The molecule has 0 saturated heterocycles. The van der Waals surface area contributed by atoms with Gasteiger partial charge in [-0.05, 0) is 6.07 Å². The van der Waals surface area contributed by atoms with E-state index in [0.29, 0.717) is 0 Å². The maximum atomic E-state index is 4.29. The molecule has 0 spiro atoms. The molecule has 0 unspecified atom stereocenters. The first-order chi connectivity index (χ1) is 6.95. The Hall–Kier alpha value is -2.10. The van der Waals surface area contributed by atoms with Gasteiger partial charge in [0, 0.05) is 5.56 Å². The second kappa shape index (κ2) is 2.70. The van der Waals surface area contributed by atoms with Crippen molar-refractivity contribution in [2.75, 3.05) is 5.32 Å². The largest absolute Gasteiger partial charge is 0.343 e. The molecular formula is C10H8N4. The van der Waals surface area contributed by atoms with Gasteiger partial charge in [-0.2, -0.15) is 5.10 Å². The zero-order valence-corrected chi connectivity index (χ0v) is 7.36. The first-order valence-electron chi connectivity index (χ1n) is 4.37. The number of hydrogen-bond acceptors (Lipinski definition) is 3. The molecule has 0 fully saturated rings. The lowest BCUT2D eigenvalue weighted by Crippen LogP contribution is -1.91. The molecule has 0 atom stereocenters. The SMILES string of the molecule is C1=Nc2ccccc2-c2[nH]ncc2N1. The fourth-order valence-electron chi connectivity index (χ4n) is 1.57. The summed E-state index contributed by atoms with van der Waals surface area (Å²) in [5.74, 6) is 0. The van der Waals surface area contributed by atoms with Crippen LogP contribution in [0.1, 0.15) is 0 Å². The molecule has 4 heteroatoms. The topological polar surface area (TPSA) is 53.1 Å². The molecule has 0 bridgehead atoms. The van der Waals surface area contributed by atoms with Crippen LogP contribution < -0.4 is 5.32 Å². The molecule has 14 heavy (non-hydrogen) atoms. The molecule has 1 aromatic carbocycles. The third kappa shape index (κ3) is 0.939. The fourth-order valence-corrected chi connectivity index (χ4v) is 1.57. The van der Waals surface area contributed by atoms with Gasteiger partial charge >= 0.3 is 0 Å². The van der Waals surface area contributed by atoms with Crippen LogP contribution in [0.25, 0.3) is 11.3 Å². The number of fused-ring (bicyclic) bond motifs is 3. The summed E-state index contributed by atoms with van der Waals surface area (Å²) in [6.07, 6.45) is 3.43. The van der Waals surface area contributed by atoms with Crippen molar-refractivity contribution in [3.63, 3.8) is 0 Å². The van der Waals surface area contributed by atoms with E-state index >= 15 is 0 Å². The molecule has 3 rings (SSSR count). The van der Waals surface area contributed by atoms with Crippen molar-refractivity contribution in [2.45, 2.75) is 0 Å². The first kappa shape index (κ1) is 7.32. The van der Waals surface area contributed by atoms with Gasteiger partial charge in [0.15, 0.2) is 0 Å². The fraction of sp³-hybridized carbons (Fsp3) is 0. The second-order valence-electron chi connectivity index (χ2n) is 3.08. The maximum Gasteiger partial charge on any atom is 0.0931 e. The number of aromatic nitrogens is 2. The summed E-state index contributed by atoms with van der Waals surface area (Å²) in [6, 6.07) is 7.96. The van der Waals surface area contributed by atoms with Crippen LogP contribution in [0.2, 0.25) is 0 Å². The Balaban J connectivity index is 2.34. The van der Waals surface area contributed by atoms with Crippen LogP contribution in [-0.2, 0) is 0 Å². The Bertz CT molecular complexity index is 498. The Morgan fingerprint density at radius 1 is 1.14 bits per heavy atom. The molecule has 0 amide bonds. The Labute approximate surface area is 80.7 Å². The van der Waals surface area contributed by atoms with Crippen molar-refractivity contribution in [1.82, 2.24) is 10.2 Å². The Morgan fingerprint density at radius 2 is 2.07 bits per heavy atom. The Kier molecular flexibility index (Phi) is 1.41. The van der Waals surface area contributed by atoms with Crippen LogP contribution in [0.3, 0.4) is 0 Å². The van der Waals surface area contributed by atoms with Crippen LogP contribution >= 0.6 is 0 Å². The van der Waals surface area contributed by atoms with E-state index in [4.69, 9.17) is 0 Å². The van der Waals surface area contributed by atoms with Gasteiger partial charge < -0.3 is 5.32 Å². The highest BCUT2D eigenvalue weighted by molar-refractivity contribution is 5.93. The third-order valence-corrected chi connectivity index (χ3v) is 2.24. The summed E-state index contributed by atoms with van der Waals surface area (Å²) in [7, 11) is 0. The van der Waals surface area contributed by atoms with Gasteiger partial charge in [-0.25, -0.2) is 4.99 Å². The van der Waals surface area contributed by atoms with Gasteiger partial charge in [-0.3, -0.25) is 5.10 Å². The van der Waals surface area contributed by atoms with Crippen molar-refractivity contribution in [3.05, 3.63) is 30.5 Å². The average molecular weight is 184 g/mol. The monoisotopic (exact) mass is 184 g/mol. The lowest BCUT2D eigenvalue weighted by Gasteiger charge is -2.00. The van der Waals surface area contributed by atoms with E-state index in [9.17, 15) is 0 Å². The molecule has 0 aliphatic carbocycles. The number of nitrogens with zero attached hydrogens (tertiary/aromatic N) is 2. The quantitative estimate of drug-likeness (QED) is 0.659. The second-order valence-corrected chi connectivity index (χ2v) is 3.08. The number of H-pyrrole nitrogens is 1. The van der Waals surface area contributed by atoms with E-state index in [1.54, 1.807) is 12.5 Å². The number of benzene rings is 1. The molecule has 1 aliphatic heterocycles. The summed E-state index contributed by atoms with van der Waals surface area (Å²) >= 11 is 0. The number of para-hydroxylation sites is 1. The highest BCUT2D eigenvalue weighted by atomic mass is 15.1. The maximum absolute atomic E-state index is 4.29. The molecule has 2 N–H and O–H groups in total. The summed E-state index contributed by atoms with van der Waals surface area (Å²) in [4.78, 5) is 4.29. The minimum absolute atomic E-state index is 0.947. The third-order valence-electron chi connectivity index (χ3n) is 2.24. The van der Waals surface area contributed by atoms with Crippen molar-refractivity contribution in [1.29, 1.82) is 0 Å². The predicted octanol–water partition coefficient (Wildman–Crippen LogP) is 2.16. The van der Waals surface area contributed by atoms with E-state index in [1.807, 2.05) is 24.3 Å². The summed E-state index contributed by atoms with van der Waals surface area (Å²) < 4.78 is 0. The minimum atomic E-state index is 0.947. The molecule has 0 saturated carbocycles.